The first kappa shape index (κ1) is 18.8. The number of benzene rings is 2. The summed E-state index contributed by atoms with van der Waals surface area (Å²) in [6, 6.07) is 15.9. The molecule has 29 heavy (non-hydrogen) atoms. The van der Waals surface area contributed by atoms with E-state index in [1.54, 1.807) is 0 Å². The van der Waals surface area contributed by atoms with Gasteiger partial charge in [-0.15, -0.1) is 0 Å². The van der Waals surface area contributed by atoms with Crippen LogP contribution in [0.5, 0.6) is 5.75 Å². The molecule has 2 aliphatic carbocycles. The molecule has 0 bridgehead atoms. The smallest absolute Gasteiger partial charge is 0.119 e. The molecule has 1 aliphatic heterocycles. The van der Waals surface area contributed by atoms with Gasteiger partial charge in [0.1, 0.15) is 5.75 Å². The molecule has 152 valence electrons. The molecule has 2 nitrogen and oxygen atoms in total. The highest BCUT2D eigenvalue weighted by atomic mass is 16.5. The van der Waals surface area contributed by atoms with Crippen LogP contribution in [-0.2, 0) is 0 Å². The zero-order valence-corrected chi connectivity index (χ0v) is 17.6. The van der Waals surface area contributed by atoms with E-state index in [1.165, 1.54) is 60.9 Å². The van der Waals surface area contributed by atoms with Crippen molar-refractivity contribution in [3.8, 4) is 5.75 Å². The number of rotatable bonds is 5. The summed E-state index contributed by atoms with van der Waals surface area (Å²) in [7, 11) is 0. The standard InChI is InChI=1S/C27H33NO/c1-19-8-5-6-11-22(19)27-24-13-7-12-23(24)25-18-21(14-15-26(25)28-27)29-17-16-20-9-3-2-4-10-20/h5-8,11-12,14-15,18,20,23-24,27-28H,2-4,9-10,13,16-17H2,1H3. The topological polar surface area (TPSA) is 21.3 Å². The van der Waals surface area contributed by atoms with Gasteiger partial charge in [0.15, 0.2) is 0 Å². The Kier molecular flexibility index (Phi) is 5.35. The molecule has 0 aromatic heterocycles. The van der Waals surface area contributed by atoms with Crippen LogP contribution in [0.1, 0.15) is 73.6 Å². The van der Waals surface area contributed by atoms with Crippen LogP contribution >= 0.6 is 0 Å². The third-order valence-electron chi connectivity index (χ3n) is 7.38. The van der Waals surface area contributed by atoms with Gasteiger partial charge in [-0.3, -0.25) is 0 Å². The van der Waals surface area contributed by atoms with E-state index in [0.29, 0.717) is 17.9 Å². The van der Waals surface area contributed by atoms with Gasteiger partial charge in [0.25, 0.3) is 0 Å². The molecule has 5 rings (SSSR count). The average molecular weight is 388 g/mol. The minimum absolute atomic E-state index is 0.377. The molecule has 1 N–H and O–H groups in total. The Morgan fingerprint density at radius 2 is 1.86 bits per heavy atom. The number of hydrogen-bond donors (Lipinski definition) is 1. The first-order chi connectivity index (χ1) is 14.3. The Morgan fingerprint density at radius 1 is 1.00 bits per heavy atom. The fourth-order valence-corrected chi connectivity index (χ4v) is 5.73. The van der Waals surface area contributed by atoms with Gasteiger partial charge in [-0.05, 0) is 66.5 Å². The molecule has 1 heterocycles. The van der Waals surface area contributed by atoms with Gasteiger partial charge in [0.2, 0.25) is 0 Å². The first-order valence-corrected chi connectivity index (χ1v) is 11.5. The molecule has 0 amide bonds. The van der Waals surface area contributed by atoms with E-state index >= 15 is 0 Å². The number of ether oxygens (including phenoxy) is 1. The van der Waals surface area contributed by atoms with Crippen LogP contribution in [-0.4, -0.2) is 6.61 Å². The number of hydrogen-bond acceptors (Lipinski definition) is 2. The van der Waals surface area contributed by atoms with Crippen molar-refractivity contribution in [2.75, 3.05) is 11.9 Å². The van der Waals surface area contributed by atoms with E-state index < -0.39 is 0 Å². The van der Waals surface area contributed by atoms with Crippen LogP contribution in [0.3, 0.4) is 0 Å². The van der Waals surface area contributed by atoms with E-state index in [-0.39, 0.29) is 0 Å². The molecule has 2 heteroatoms. The Hall–Kier alpha value is -2.22. The molecule has 3 unspecified atom stereocenters. The highest BCUT2D eigenvalue weighted by Crippen LogP contribution is 2.50. The van der Waals surface area contributed by atoms with Crippen LogP contribution in [0.25, 0.3) is 0 Å². The summed E-state index contributed by atoms with van der Waals surface area (Å²) in [5.74, 6) is 2.98. The fourth-order valence-electron chi connectivity index (χ4n) is 5.73. The zero-order chi connectivity index (χ0) is 19.6. The van der Waals surface area contributed by atoms with Crippen LogP contribution in [0, 0.1) is 18.8 Å². The second-order valence-corrected chi connectivity index (χ2v) is 9.22. The minimum atomic E-state index is 0.377. The maximum Gasteiger partial charge on any atom is 0.119 e. The Morgan fingerprint density at radius 3 is 2.72 bits per heavy atom. The summed E-state index contributed by atoms with van der Waals surface area (Å²) >= 11 is 0. The second kappa shape index (κ2) is 8.26. The fraction of sp³-hybridized carbons (Fsp3) is 0.481. The Balaban J connectivity index is 1.32. The Bertz CT molecular complexity index is 880. The average Bonchev–Trinajstić information content (AvgIpc) is 3.25. The SMILES string of the molecule is Cc1ccccc1C1Nc2ccc(OCCC3CCCCC3)cc2C2C=CCC21. The largest absolute Gasteiger partial charge is 0.494 e. The van der Waals surface area contributed by atoms with Gasteiger partial charge in [-0.2, -0.15) is 0 Å². The van der Waals surface area contributed by atoms with Crippen LogP contribution in [0.2, 0.25) is 0 Å². The van der Waals surface area contributed by atoms with Crippen molar-refractivity contribution in [2.45, 2.75) is 63.8 Å². The molecule has 0 spiro atoms. The van der Waals surface area contributed by atoms with Gasteiger partial charge in [-0.25, -0.2) is 0 Å². The number of nitrogens with one attached hydrogen (secondary N) is 1. The molecule has 2 aromatic carbocycles. The third-order valence-corrected chi connectivity index (χ3v) is 7.38. The molecule has 1 saturated carbocycles. The summed E-state index contributed by atoms with van der Waals surface area (Å²) in [5.41, 5.74) is 5.49. The predicted octanol–water partition coefficient (Wildman–Crippen LogP) is 7.17. The summed E-state index contributed by atoms with van der Waals surface area (Å²) in [4.78, 5) is 0. The van der Waals surface area contributed by atoms with Gasteiger partial charge < -0.3 is 10.1 Å². The van der Waals surface area contributed by atoms with Crippen molar-refractivity contribution in [1.82, 2.24) is 0 Å². The van der Waals surface area contributed by atoms with Crippen molar-refractivity contribution in [1.29, 1.82) is 0 Å². The van der Waals surface area contributed by atoms with E-state index in [1.807, 2.05) is 0 Å². The van der Waals surface area contributed by atoms with E-state index in [4.69, 9.17) is 4.74 Å². The molecule has 2 aromatic rings. The normalized spacial score (nSPS) is 25.9. The van der Waals surface area contributed by atoms with Crippen molar-refractivity contribution in [2.24, 2.45) is 11.8 Å². The van der Waals surface area contributed by atoms with Gasteiger partial charge in [-0.1, -0.05) is 68.5 Å². The number of anilines is 1. The van der Waals surface area contributed by atoms with Crippen molar-refractivity contribution >= 4 is 5.69 Å². The van der Waals surface area contributed by atoms with Crippen LogP contribution in [0.4, 0.5) is 5.69 Å². The van der Waals surface area contributed by atoms with E-state index in [2.05, 4.69) is 66.9 Å². The van der Waals surface area contributed by atoms with Crippen molar-refractivity contribution in [3.05, 3.63) is 71.3 Å². The van der Waals surface area contributed by atoms with Gasteiger partial charge >= 0.3 is 0 Å². The van der Waals surface area contributed by atoms with Crippen LogP contribution < -0.4 is 10.1 Å². The van der Waals surface area contributed by atoms with Crippen molar-refractivity contribution in [3.63, 3.8) is 0 Å². The summed E-state index contributed by atoms with van der Waals surface area (Å²) in [6.07, 6.45) is 14.2. The number of allylic oxidation sites excluding steroid dienone is 2. The summed E-state index contributed by atoms with van der Waals surface area (Å²) in [6.45, 7) is 3.08. The van der Waals surface area contributed by atoms with Gasteiger partial charge in [0, 0.05) is 11.6 Å². The lowest BCUT2D eigenvalue weighted by molar-refractivity contribution is 0.246. The Labute approximate surface area is 175 Å². The molecule has 1 fully saturated rings. The van der Waals surface area contributed by atoms with E-state index in [0.717, 1.165) is 24.7 Å². The molecule has 3 atom stereocenters. The highest BCUT2D eigenvalue weighted by molar-refractivity contribution is 5.62. The minimum Gasteiger partial charge on any atom is -0.494 e. The summed E-state index contributed by atoms with van der Waals surface area (Å²) in [5, 5.41) is 3.86. The summed E-state index contributed by atoms with van der Waals surface area (Å²) < 4.78 is 6.20. The monoisotopic (exact) mass is 387 g/mol. The zero-order valence-electron chi connectivity index (χ0n) is 17.6. The highest BCUT2D eigenvalue weighted by Gasteiger charge is 2.38. The third kappa shape index (κ3) is 3.82. The predicted molar refractivity (Wildman–Crippen MR) is 121 cm³/mol. The van der Waals surface area contributed by atoms with Crippen LogP contribution in [0.15, 0.2) is 54.6 Å². The number of aryl methyl sites for hydroxylation is 1. The van der Waals surface area contributed by atoms with Gasteiger partial charge in [0.05, 0.1) is 12.6 Å². The second-order valence-electron chi connectivity index (χ2n) is 9.22. The molecular formula is C27H33NO. The van der Waals surface area contributed by atoms with E-state index in [9.17, 15) is 0 Å². The maximum absolute atomic E-state index is 6.20. The maximum atomic E-state index is 6.20. The molecular weight excluding hydrogens is 354 g/mol. The van der Waals surface area contributed by atoms with Crippen molar-refractivity contribution < 1.29 is 4.74 Å². The lowest BCUT2D eigenvalue weighted by Gasteiger charge is -2.38. The first-order valence-electron chi connectivity index (χ1n) is 11.5. The lowest BCUT2D eigenvalue weighted by Crippen LogP contribution is -2.29. The lowest BCUT2D eigenvalue weighted by atomic mass is 9.76. The molecule has 3 aliphatic rings. The quantitative estimate of drug-likeness (QED) is 0.549. The molecule has 0 saturated heterocycles. The number of fused-ring (bicyclic) bond motifs is 3. The molecule has 0 radical (unpaired) electrons.